The molecule has 3 rings (SSSR count). The van der Waals surface area contributed by atoms with Gasteiger partial charge >= 0.3 is 0 Å². The van der Waals surface area contributed by atoms with Crippen LogP contribution >= 0.6 is 0 Å². The minimum absolute atomic E-state index is 0.216. The lowest BCUT2D eigenvalue weighted by atomic mass is 9.83. The summed E-state index contributed by atoms with van der Waals surface area (Å²) in [7, 11) is 0. The highest BCUT2D eigenvalue weighted by molar-refractivity contribution is 5.87. The largest absolute Gasteiger partial charge is 0.341 e. The van der Waals surface area contributed by atoms with E-state index >= 15 is 0 Å². The third-order valence-electron chi connectivity index (χ3n) is 4.94. The number of hydrogen-bond acceptors (Lipinski definition) is 2. The fourth-order valence-corrected chi connectivity index (χ4v) is 3.32. The van der Waals surface area contributed by atoms with Gasteiger partial charge in [0.15, 0.2) is 0 Å². The summed E-state index contributed by atoms with van der Waals surface area (Å²) in [6, 6.07) is 12.4. The van der Waals surface area contributed by atoms with Crippen LogP contribution in [0.4, 0.5) is 0 Å². The zero-order valence-corrected chi connectivity index (χ0v) is 14.1. The SMILES string of the molecule is Cc1ccc(C(C)(C)C(=O)N2CCC(c3cccnc3)C2)cc1. The second kappa shape index (κ2) is 6.15. The predicted molar refractivity (Wildman–Crippen MR) is 92.4 cm³/mol. The molecular formula is C20H24N2O. The molecule has 0 bridgehead atoms. The Morgan fingerprint density at radius 3 is 2.61 bits per heavy atom. The molecule has 1 aromatic carbocycles. The molecule has 1 aromatic heterocycles. The van der Waals surface area contributed by atoms with E-state index in [0.29, 0.717) is 5.92 Å². The number of carbonyl (C=O) groups is 1. The van der Waals surface area contributed by atoms with Crippen molar-refractivity contribution in [2.75, 3.05) is 13.1 Å². The first-order valence-electron chi connectivity index (χ1n) is 8.25. The second-order valence-corrected chi connectivity index (χ2v) is 7.01. The lowest BCUT2D eigenvalue weighted by Gasteiger charge is -2.30. The maximum Gasteiger partial charge on any atom is 0.232 e. The van der Waals surface area contributed by atoms with Gasteiger partial charge in [0.2, 0.25) is 5.91 Å². The second-order valence-electron chi connectivity index (χ2n) is 7.01. The lowest BCUT2D eigenvalue weighted by Crippen LogP contribution is -2.42. The van der Waals surface area contributed by atoms with Crippen LogP contribution in [0.3, 0.4) is 0 Å². The van der Waals surface area contributed by atoms with Crippen LogP contribution in [0.5, 0.6) is 0 Å². The summed E-state index contributed by atoms with van der Waals surface area (Å²) >= 11 is 0. The molecule has 0 spiro atoms. The van der Waals surface area contributed by atoms with Crippen molar-refractivity contribution in [3.05, 3.63) is 65.5 Å². The maximum atomic E-state index is 13.0. The third-order valence-corrected chi connectivity index (χ3v) is 4.94. The van der Waals surface area contributed by atoms with E-state index in [1.807, 2.05) is 31.0 Å². The number of amides is 1. The van der Waals surface area contributed by atoms with E-state index in [-0.39, 0.29) is 5.91 Å². The van der Waals surface area contributed by atoms with Crippen molar-refractivity contribution in [3.63, 3.8) is 0 Å². The fourth-order valence-electron chi connectivity index (χ4n) is 3.32. The van der Waals surface area contributed by atoms with Crippen molar-refractivity contribution in [1.82, 2.24) is 9.88 Å². The first kappa shape index (κ1) is 15.7. The Morgan fingerprint density at radius 1 is 1.22 bits per heavy atom. The zero-order valence-electron chi connectivity index (χ0n) is 14.1. The first-order valence-corrected chi connectivity index (χ1v) is 8.25. The Labute approximate surface area is 138 Å². The molecule has 120 valence electrons. The van der Waals surface area contributed by atoms with Gasteiger partial charge in [-0.2, -0.15) is 0 Å². The summed E-state index contributed by atoms with van der Waals surface area (Å²) in [5.74, 6) is 0.620. The molecule has 1 fully saturated rings. The van der Waals surface area contributed by atoms with Gasteiger partial charge in [0.25, 0.3) is 0 Å². The van der Waals surface area contributed by atoms with Gasteiger partial charge in [0.05, 0.1) is 5.41 Å². The monoisotopic (exact) mass is 308 g/mol. The van der Waals surface area contributed by atoms with Crippen molar-refractivity contribution in [1.29, 1.82) is 0 Å². The van der Waals surface area contributed by atoms with Gasteiger partial charge in [-0.05, 0) is 44.4 Å². The number of benzene rings is 1. The first-order chi connectivity index (χ1) is 11.0. The number of nitrogens with zero attached hydrogens (tertiary/aromatic N) is 2. The number of aryl methyl sites for hydroxylation is 1. The van der Waals surface area contributed by atoms with Crippen LogP contribution in [0.25, 0.3) is 0 Å². The molecule has 0 saturated carbocycles. The van der Waals surface area contributed by atoms with Crippen LogP contribution in [-0.4, -0.2) is 28.9 Å². The zero-order chi connectivity index (χ0) is 16.4. The van der Waals surface area contributed by atoms with E-state index in [9.17, 15) is 4.79 Å². The molecule has 0 N–H and O–H groups in total. The fraction of sp³-hybridized carbons (Fsp3) is 0.400. The molecule has 1 unspecified atom stereocenters. The Morgan fingerprint density at radius 2 is 1.96 bits per heavy atom. The average molecular weight is 308 g/mol. The van der Waals surface area contributed by atoms with Crippen molar-refractivity contribution in [3.8, 4) is 0 Å². The molecule has 3 nitrogen and oxygen atoms in total. The molecule has 2 aromatic rings. The topological polar surface area (TPSA) is 33.2 Å². The Balaban J connectivity index is 1.74. The number of rotatable bonds is 3. The molecule has 2 heterocycles. The summed E-state index contributed by atoms with van der Waals surface area (Å²) in [4.78, 5) is 19.3. The van der Waals surface area contributed by atoms with Gasteiger partial charge in [-0.25, -0.2) is 0 Å². The van der Waals surface area contributed by atoms with Crippen LogP contribution in [0, 0.1) is 6.92 Å². The van der Waals surface area contributed by atoms with E-state index in [4.69, 9.17) is 0 Å². The van der Waals surface area contributed by atoms with Gasteiger partial charge in [-0.3, -0.25) is 9.78 Å². The molecule has 0 aliphatic carbocycles. The summed E-state index contributed by atoms with van der Waals surface area (Å²) in [6.07, 6.45) is 4.73. The number of pyridine rings is 1. The molecule has 3 heteroatoms. The van der Waals surface area contributed by atoms with Gasteiger partial charge in [-0.1, -0.05) is 35.9 Å². The van der Waals surface area contributed by atoms with Crippen LogP contribution in [0.1, 0.15) is 42.9 Å². The Kier molecular flexibility index (Phi) is 4.20. The highest BCUT2D eigenvalue weighted by Crippen LogP contribution is 2.32. The number of aromatic nitrogens is 1. The minimum atomic E-state index is -0.489. The van der Waals surface area contributed by atoms with Gasteiger partial charge in [-0.15, -0.1) is 0 Å². The smallest absolute Gasteiger partial charge is 0.232 e. The number of hydrogen-bond donors (Lipinski definition) is 0. The standard InChI is InChI=1S/C20H24N2O/c1-15-6-8-18(9-7-15)20(2,3)19(23)22-12-10-17(14-22)16-5-4-11-21-13-16/h4-9,11,13,17H,10,12,14H2,1-3H3. The van der Waals surface area contributed by atoms with Gasteiger partial charge in [0, 0.05) is 31.4 Å². The van der Waals surface area contributed by atoms with Gasteiger partial charge in [0.1, 0.15) is 0 Å². The average Bonchev–Trinajstić information content (AvgIpc) is 3.05. The van der Waals surface area contributed by atoms with Crippen LogP contribution in [0.15, 0.2) is 48.8 Å². The Bertz CT molecular complexity index is 677. The van der Waals surface area contributed by atoms with Crippen molar-refractivity contribution in [2.24, 2.45) is 0 Å². The predicted octanol–water partition coefficient (Wildman–Crippen LogP) is 3.68. The van der Waals surface area contributed by atoms with E-state index in [1.165, 1.54) is 11.1 Å². The third kappa shape index (κ3) is 3.14. The van der Waals surface area contributed by atoms with Gasteiger partial charge < -0.3 is 4.90 Å². The molecule has 1 saturated heterocycles. The van der Waals surface area contributed by atoms with Crippen LogP contribution in [0.2, 0.25) is 0 Å². The molecular weight excluding hydrogens is 284 g/mol. The molecule has 1 aliphatic heterocycles. The number of likely N-dealkylation sites (tertiary alicyclic amines) is 1. The molecule has 1 aliphatic rings. The van der Waals surface area contributed by atoms with E-state index in [1.54, 1.807) is 6.20 Å². The van der Waals surface area contributed by atoms with E-state index in [2.05, 4.69) is 42.2 Å². The molecule has 1 amide bonds. The summed E-state index contributed by atoms with van der Waals surface area (Å²) in [6.45, 7) is 7.74. The number of carbonyl (C=O) groups excluding carboxylic acids is 1. The van der Waals surface area contributed by atoms with Crippen molar-refractivity contribution in [2.45, 2.75) is 38.5 Å². The van der Waals surface area contributed by atoms with Crippen molar-refractivity contribution >= 4 is 5.91 Å². The van der Waals surface area contributed by atoms with E-state index in [0.717, 1.165) is 25.1 Å². The van der Waals surface area contributed by atoms with Crippen LogP contribution in [-0.2, 0) is 10.2 Å². The highest BCUT2D eigenvalue weighted by atomic mass is 16.2. The van der Waals surface area contributed by atoms with Crippen LogP contribution < -0.4 is 0 Å². The molecule has 0 radical (unpaired) electrons. The normalized spacial score (nSPS) is 18.2. The summed E-state index contributed by atoms with van der Waals surface area (Å²) in [5, 5.41) is 0. The summed E-state index contributed by atoms with van der Waals surface area (Å²) in [5.41, 5.74) is 3.04. The molecule has 23 heavy (non-hydrogen) atoms. The highest BCUT2D eigenvalue weighted by Gasteiger charge is 2.37. The maximum absolute atomic E-state index is 13.0. The Hall–Kier alpha value is -2.16. The molecule has 1 atom stereocenters. The van der Waals surface area contributed by atoms with Crippen molar-refractivity contribution < 1.29 is 4.79 Å². The quantitative estimate of drug-likeness (QED) is 0.866. The summed E-state index contributed by atoms with van der Waals surface area (Å²) < 4.78 is 0. The minimum Gasteiger partial charge on any atom is -0.341 e. The van der Waals surface area contributed by atoms with E-state index < -0.39 is 5.41 Å². The lowest BCUT2D eigenvalue weighted by molar-refractivity contribution is -0.135.